The molecule has 0 unspecified atom stereocenters. The molecule has 1 heterocycles. The summed E-state index contributed by atoms with van der Waals surface area (Å²) in [6.45, 7) is 18.3. The van der Waals surface area contributed by atoms with Crippen LogP contribution < -0.4 is 16.2 Å². The Balaban J connectivity index is -0.000000370. The summed E-state index contributed by atoms with van der Waals surface area (Å²) in [5.74, 6) is 1.87. The fourth-order valence-corrected chi connectivity index (χ4v) is 2.34. The van der Waals surface area contributed by atoms with Crippen LogP contribution in [0.15, 0.2) is 42.5 Å². The van der Waals surface area contributed by atoms with Crippen LogP contribution in [0.2, 0.25) is 0 Å². The Morgan fingerprint density at radius 1 is 1.00 bits per heavy atom. The van der Waals surface area contributed by atoms with Crippen molar-refractivity contribution in [3.8, 4) is 5.75 Å². The van der Waals surface area contributed by atoms with Crippen molar-refractivity contribution < 1.29 is 4.74 Å². The van der Waals surface area contributed by atoms with Crippen LogP contribution in [0.4, 0.5) is 5.69 Å². The average molecular weight is 451 g/mol. The summed E-state index contributed by atoms with van der Waals surface area (Å²) < 4.78 is 5.62. The van der Waals surface area contributed by atoms with Gasteiger partial charge in [-0.3, -0.25) is 0 Å². The van der Waals surface area contributed by atoms with E-state index in [9.17, 15) is 0 Å². The fraction of sp³-hybridized carbons (Fsp3) is 0.556. The van der Waals surface area contributed by atoms with E-state index < -0.39 is 0 Å². The van der Waals surface area contributed by atoms with Gasteiger partial charge in [-0.2, -0.15) is 12.6 Å². The first kappa shape index (κ1) is 34.0. The maximum Gasteiger partial charge on any atom is 0.126 e. The van der Waals surface area contributed by atoms with E-state index in [1.807, 2.05) is 44.2 Å². The first-order valence-electron chi connectivity index (χ1n) is 11.6. The molecule has 0 spiro atoms. The molecule has 0 saturated heterocycles. The lowest BCUT2D eigenvalue weighted by atomic mass is 9.99. The maximum atomic E-state index is 5.66. The molecule has 0 radical (unpaired) electrons. The second kappa shape index (κ2) is 24.6. The number of rotatable bonds is 1. The lowest BCUT2D eigenvalue weighted by molar-refractivity contribution is 0.285. The van der Waals surface area contributed by atoms with Crippen LogP contribution in [-0.4, -0.2) is 12.9 Å². The molecule has 0 saturated carbocycles. The fourth-order valence-electron chi connectivity index (χ4n) is 2.34. The summed E-state index contributed by atoms with van der Waals surface area (Å²) in [6.07, 6.45) is 5.20. The van der Waals surface area contributed by atoms with Gasteiger partial charge in [-0.05, 0) is 49.6 Å². The van der Waals surface area contributed by atoms with E-state index in [4.69, 9.17) is 16.2 Å². The third-order valence-corrected chi connectivity index (χ3v) is 3.24. The molecule has 4 N–H and O–H groups in total. The number of thiol groups is 1. The van der Waals surface area contributed by atoms with Crippen molar-refractivity contribution in [2.75, 3.05) is 18.6 Å². The van der Waals surface area contributed by atoms with Gasteiger partial charge in [-0.25, -0.2) is 0 Å². The molecule has 0 bridgehead atoms. The zero-order valence-electron chi connectivity index (χ0n) is 21.7. The Morgan fingerprint density at radius 2 is 1.48 bits per heavy atom. The number of ether oxygens (including phenoxy) is 1. The van der Waals surface area contributed by atoms with Crippen LogP contribution in [0.5, 0.6) is 5.75 Å². The molecular weight excluding hydrogens is 400 g/mol. The van der Waals surface area contributed by atoms with Gasteiger partial charge >= 0.3 is 0 Å². The molecule has 0 aliphatic carbocycles. The highest BCUT2D eigenvalue weighted by atomic mass is 32.1. The number of nitrogen functional groups attached to an aromatic ring is 1. The monoisotopic (exact) mass is 450 g/mol. The summed E-state index contributed by atoms with van der Waals surface area (Å²) in [5, 5.41) is 0. The molecule has 2 aromatic carbocycles. The number of fused-ring (bicyclic) bond motifs is 1. The molecule has 0 amide bonds. The second-order valence-corrected chi connectivity index (χ2v) is 7.42. The van der Waals surface area contributed by atoms with Gasteiger partial charge in [0.25, 0.3) is 0 Å². The van der Waals surface area contributed by atoms with Crippen LogP contribution in [0.25, 0.3) is 0 Å². The van der Waals surface area contributed by atoms with Crippen LogP contribution in [0.3, 0.4) is 0 Å². The highest BCUT2D eigenvalue weighted by molar-refractivity contribution is 7.79. The van der Waals surface area contributed by atoms with Gasteiger partial charge in [0, 0.05) is 17.8 Å². The lowest BCUT2D eigenvalue weighted by Gasteiger charge is -2.20. The van der Waals surface area contributed by atoms with Gasteiger partial charge in [0.2, 0.25) is 0 Å². The van der Waals surface area contributed by atoms with Crippen molar-refractivity contribution in [2.45, 2.75) is 81.2 Å². The number of aryl methyl sites for hydroxylation is 2. The van der Waals surface area contributed by atoms with E-state index in [2.05, 4.69) is 66.3 Å². The number of anilines is 1. The van der Waals surface area contributed by atoms with Crippen molar-refractivity contribution in [1.29, 1.82) is 0 Å². The second-order valence-electron chi connectivity index (χ2n) is 7.42. The predicted molar refractivity (Wildman–Crippen MR) is 146 cm³/mol. The maximum absolute atomic E-state index is 5.66. The third-order valence-electron chi connectivity index (χ3n) is 3.24. The predicted octanol–water partition coefficient (Wildman–Crippen LogP) is 7.70. The number of benzene rings is 2. The number of hydrogen-bond donors (Lipinski definition) is 3. The van der Waals surface area contributed by atoms with Crippen molar-refractivity contribution >= 4 is 18.3 Å². The summed E-state index contributed by atoms with van der Waals surface area (Å²) >= 11 is 3.53. The molecule has 0 aromatic heterocycles. The topological polar surface area (TPSA) is 61.3 Å². The van der Waals surface area contributed by atoms with E-state index in [0.717, 1.165) is 42.4 Å². The van der Waals surface area contributed by atoms with E-state index in [1.165, 1.54) is 17.5 Å². The van der Waals surface area contributed by atoms with Gasteiger partial charge in [0.1, 0.15) is 5.75 Å². The summed E-state index contributed by atoms with van der Waals surface area (Å²) in [5.41, 5.74) is 15.6. The molecule has 1 aliphatic rings. The molecule has 0 atom stereocenters. The molecule has 3 nitrogen and oxygen atoms in total. The Bertz CT molecular complexity index is 596. The number of hydrogen-bond acceptors (Lipinski definition) is 4. The largest absolute Gasteiger partial charge is 0.493 e. The van der Waals surface area contributed by atoms with Crippen LogP contribution in [0.1, 0.15) is 78.0 Å². The first-order valence-corrected chi connectivity index (χ1v) is 12.5. The standard InChI is InChI=1S/C11H15NO.C6H7N.C4H10.C3H8.C2H6.CH4S/c1-8-5-9-3-2-4-13-11(9)10(6-8)7-12;7-6-4-2-1-3-5-6;1-4(2)3;1-3-2;2*1-2/h5-6H,2-4,7,12H2,1H3;1-5H,7H2;4H,1-3H3;3H2,1-2H3;1-2H3;2H,1H3. The average Bonchev–Trinajstić information content (AvgIpc) is 2.77. The Morgan fingerprint density at radius 3 is 1.87 bits per heavy atom. The Kier molecular flexibility index (Phi) is 27.0. The van der Waals surface area contributed by atoms with Crippen molar-refractivity contribution in [1.82, 2.24) is 0 Å². The number of para-hydroxylation sites is 1. The molecular formula is C27H50N2OS. The van der Waals surface area contributed by atoms with Crippen molar-refractivity contribution in [3.63, 3.8) is 0 Å². The summed E-state index contributed by atoms with van der Waals surface area (Å²) in [4.78, 5) is 0. The quantitative estimate of drug-likeness (QED) is 0.308. The molecule has 2 aromatic rings. The minimum atomic E-state index is 0.573. The summed E-state index contributed by atoms with van der Waals surface area (Å²) in [7, 11) is 0. The number of nitrogens with two attached hydrogens (primary N) is 2. The normalized spacial score (nSPS) is 10.3. The van der Waals surface area contributed by atoms with Crippen LogP contribution >= 0.6 is 12.6 Å². The highest BCUT2D eigenvalue weighted by Gasteiger charge is 2.14. The van der Waals surface area contributed by atoms with E-state index in [-0.39, 0.29) is 0 Å². The minimum absolute atomic E-state index is 0.573. The highest BCUT2D eigenvalue weighted by Crippen LogP contribution is 2.29. The van der Waals surface area contributed by atoms with Gasteiger partial charge in [0.05, 0.1) is 6.61 Å². The SMILES string of the molecule is CC.CC(C)C.CCC.CS.Cc1cc(CN)c2c(c1)CCCO2.Nc1ccccc1. The van der Waals surface area contributed by atoms with Gasteiger partial charge in [0.15, 0.2) is 0 Å². The van der Waals surface area contributed by atoms with Gasteiger partial charge in [-0.15, -0.1) is 0 Å². The van der Waals surface area contributed by atoms with Gasteiger partial charge in [-0.1, -0.05) is 90.8 Å². The van der Waals surface area contributed by atoms with Crippen LogP contribution in [-0.2, 0) is 13.0 Å². The lowest BCUT2D eigenvalue weighted by Crippen LogP contribution is -2.12. The smallest absolute Gasteiger partial charge is 0.126 e. The molecule has 31 heavy (non-hydrogen) atoms. The minimum Gasteiger partial charge on any atom is -0.493 e. The van der Waals surface area contributed by atoms with E-state index >= 15 is 0 Å². The van der Waals surface area contributed by atoms with E-state index in [0.29, 0.717) is 6.54 Å². The summed E-state index contributed by atoms with van der Waals surface area (Å²) in [6, 6.07) is 13.8. The Hall–Kier alpha value is -1.65. The third kappa shape index (κ3) is 20.0. The molecule has 1 aliphatic heterocycles. The Labute approximate surface area is 199 Å². The molecule has 180 valence electrons. The zero-order valence-corrected chi connectivity index (χ0v) is 22.6. The van der Waals surface area contributed by atoms with Crippen LogP contribution in [0, 0.1) is 12.8 Å². The van der Waals surface area contributed by atoms with Gasteiger partial charge < -0.3 is 16.2 Å². The van der Waals surface area contributed by atoms with Crippen molar-refractivity contribution in [2.24, 2.45) is 11.7 Å². The zero-order chi connectivity index (χ0) is 24.7. The first-order chi connectivity index (χ1) is 14.8. The van der Waals surface area contributed by atoms with Crippen molar-refractivity contribution in [3.05, 3.63) is 59.2 Å². The molecule has 4 heteroatoms. The van der Waals surface area contributed by atoms with E-state index in [1.54, 1.807) is 6.26 Å². The molecule has 3 rings (SSSR count). The molecule has 0 fully saturated rings.